The first-order valence-corrected chi connectivity index (χ1v) is 3.87. The van der Waals surface area contributed by atoms with Gasteiger partial charge in [-0.05, 0) is 18.4 Å². The van der Waals surface area contributed by atoms with Crippen molar-refractivity contribution in [1.82, 2.24) is 0 Å². The molecule has 0 aliphatic rings. The molecule has 1 radical (unpaired) electrons. The number of carboxylic acid groups (broad SMARTS) is 1. The largest absolute Gasteiger partial charge is 3.00 e. The van der Waals surface area contributed by atoms with Crippen LogP contribution in [-0.2, 0) is 21.9 Å². The van der Waals surface area contributed by atoms with Crippen molar-refractivity contribution in [2.75, 3.05) is 12.0 Å². The standard InChI is InChI=1S/C5H10O2S.3ClH.Fe/c1-8-4-2-3-5(6)7;;;;/h2-4H2,1H3,(H,6,7);3*1H;/q;;;;+3/p-3. The van der Waals surface area contributed by atoms with Crippen LogP contribution in [0.25, 0.3) is 0 Å². The van der Waals surface area contributed by atoms with Crippen LogP contribution in [0.2, 0.25) is 0 Å². The second kappa shape index (κ2) is 22.8. The second-order valence-corrected chi connectivity index (χ2v) is 2.48. The molecule has 0 aromatic heterocycles. The third kappa shape index (κ3) is 30.3. The summed E-state index contributed by atoms with van der Waals surface area (Å²) in [6.07, 6.45) is 3.07. The van der Waals surface area contributed by atoms with Gasteiger partial charge in [0.05, 0.1) is 0 Å². The maximum absolute atomic E-state index is 9.86. The maximum atomic E-state index is 9.86. The molecule has 12 heavy (non-hydrogen) atoms. The fourth-order valence-corrected chi connectivity index (χ4v) is 0.801. The number of halogens is 3. The molecule has 0 unspecified atom stereocenters. The van der Waals surface area contributed by atoms with Gasteiger partial charge < -0.3 is 42.3 Å². The van der Waals surface area contributed by atoms with E-state index in [4.69, 9.17) is 5.11 Å². The zero-order valence-corrected chi connectivity index (χ0v) is 10.6. The molecule has 77 valence electrons. The van der Waals surface area contributed by atoms with Gasteiger partial charge >= 0.3 is 23.0 Å². The zero-order chi connectivity index (χ0) is 6.41. The SMILES string of the molecule is CSCCCC(=O)O.[Cl-].[Cl-].[Cl-].[Fe+3]. The van der Waals surface area contributed by atoms with Crippen LogP contribution in [0.1, 0.15) is 12.8 Å². The minimum absolute atomic E-state index is 0. The number of carboxylic acids is 1. The van der Waals surface area contributed by atoms with Gasteiger partial charge in [0.25, 0.3) is 0 Å². The summed E-state index contributed by atoms with van der Waals surface area (Å²) in [6.45, 7) is 0. The molecule has 0 spiro atoms. The van der Waals surface area contributed by atoms with Crippen LogP contribution < -0.4 is 37.2 Å². The Morgan fingerprint density at radius 2 is 1.75 bits per heavy atom. The van der Waals surface area contributed by atoms with Crippen molar-refractivity contribution in [2.24, 2.45) is 0 Å². The molecule has 1 N–H and O–H groups in total. The predicted octanol–water partition coefficient (Wildman–Crippen LogP) is -7.78. The first kappa shape index (κ1) is 29.2. The zero-order valence-electron chi connectivity index (χ0n) is 6.37. The molecule has 0 aromatic rings. The third-order valence-corrected chi connectivity index (χ3v) is 1.44. The van der Waals surface area contributed by atoms with E-state index in [1.54, 1.807) is 11.8 Å². The molecule has 0 aliphatic heterocycles. The average molecular weight is 296 g/mol. The predicted molar refractivity (Wildman–Crippen MR) is 35.3 cm³/mol. The summed E-state index contributed by atoms with van der Waals surface area (Å²) in [5.74, 6) is 0.255. The normalized spacial score (nSPS) is 6.08. The molecule has 0 amide bonds. The van der Waals surface area contributed by atoms with Crippen LogP contribution >= 0.6 is 11.8 Å². The molecule has 0 aromatic carbocycles. The first-order chi connectivity index (χ1) is 3.77. The van der Waals surface area contributed by atoms with Gasteiger partial charge in [0.1, 0.15) is 0 Å². The van der Waals surface area contributed by atoms with Crippen molar-refractivity contribution >= 4 is 17.7 Å². The van der Waals surface area contributed by atoms with Gasteiger partial charge in [0.2, 0.25) is 0 Å². The Balaban J connectivity index is -0.0000000408. The van der Waals surface area contributed by atoms with Crippen molar-refractivity contribution < 1.29 is 64.2 Å². The van der Waals surface area contributed by atoms with Gasteiger partial charge in [0, 0.05) is 6.42 Å². The minimum atomic E-state index is -0.695. The summed E-state index contributed by atoms with van der Waals surface area (Å²) < 4.78 is 0. The maximum Gasteiger partial charge on any atom is 3.00 e. The summed E-state index contributed by atoms with van der Waals surface area (Å²) in [6, 6.07) is 0. The smallest absolute Gasteiger partial charge is 1.00 e. The molecule has 0 fully saturated rings. The van der Waals surface area contributed by atoms with Gasteiger partial charge in [-0.2, -0.15) is 11.8 Å². The number of carbonyl (C=O) groups is 1. The van der Waals surface area contributed by atoms with E-state index in [1.807, 2.05) is 6.26 Å². The molecule has 7 heteroatoms. The van der Waals surface area contributed by atoms with Crippen molar-refractivity contribution in [1.29, 1.82) is 0 Å². The van der Waals surface area contributed by atoms with E-state index in [9.17, 15) is 4.79 Å². The molecule has 0 saturated heterocycles. The van der Waals surface area contributed by atoms with Gasteiger partial charge in [-0.1, -0.05) is 0 Å². The molecule has 0 aliphatic carbocycles. The van der Waals surface area contributed by atoms with E-state index in [0.717, 1.165) is 12.2 Å². The molecular weight excluding hydrogens is 286 g/mol. The van der Waals surface area contributed by atoms with Crippen LogP contribution in [0.4, 0.5) is 0 Å². The number of hydrogen-bond donors (Lipinski definition) is 1. The van der Waals surface area contributed by atoms with Crippen molar-refractivity contribution in [3.05, 3.63) is 0 Å². The van der Waals surface area contributed by atoms with E-state index in [0.29, 0.717) is 6.42 Å². The summed E-state index contributed by atoms with van der Waals surface area (Å²) in [5, 5.41) is 8.13. The van der Waals surface area contributed by atoms with Gasteiger partial charge in [-0.25, -0.2) is 0 Å². The van der Waals surface area contributed by atoms with E-state index in [1.165, 1.54) is 0 Å². The number of hydrogen-bond acceptors (Lipinski definition) is 2. The van der Waals surface area contributed by atoms with Crippen LogP contribution in [-0.4, -0.2) is 23.1 Å². The number of aliphatic carboxylic acids is 1. The number of thioether (sulfide) groups is 1. The van der Waals surface area contributed by atoms with E-state index in [-0.39, 0.29) is 54.3 Å². The molecule has 0 atom stereocenters. The monoisotopic (exact) mass is 295 g/mol. The third-order valence-electron chi connectivity index (χ3n) is 0.739. The van der Waals surface area contributed by atoms with Gasteiger partial charge in [-0.3, -0.25) is 4.79 Å². The summed E-state index contributed by atoms with van der Waals surface area (Å²) in [5.41, 5.74) is 0. The average Bonchev–Trinajstić information content (AvgIpc) is 1.66. The van der Waals surface area contributed by atoms with Crippen LogP contribution in [0.5, 0.6) is 0 Å². The molecular formula is C5H10Cl3FeO2S. The van der Waals surface area contributed by atoms with Crippen molar-refractivity contribution in [3.63, 3.8) is 0 Å². The van der Waals surface area contributed by atoms with Gasteiger partial charge in [0.15, 0.2) is 0 Å². The Labute approximate surface area is 106 Å². The van der Waals surface area contributed by atoms with Gasteiger partial charge in [-0.15, -0.1) is 0 Å². The second-order valence-electron chi connectivity index (χ2n) is 1.49. The van der Waals surface area contributed by atoms with Crippen LogP contribution in [0.15, 0.2) is 0 Å². The Bertz CT molecular complexity index is 87.1. The summed E-state index contributed by atoms with van der Waals surface area (Å²) >= 11 is 1.68. The van der Waals surface area contributed by atoms with Crippen molar-refractivity contribution in [2.45, 2.75) is 12.8 Å². The Hall–Kier alpha value is 1.21. The molecule has 0 heterocycles. The molecule has 0 bridgehead atoms. The van der Waals surface area contributed by atoms with E-state index >= 15 is 0 Å². The van der Waals surface area contributed by atoms with E-state index in [2.05, 4.69) is 0 Å². The van der Waals surface area contributed by atoms with Crippen molar-refractivity contribution in [3.8, 4) is 0 Å². The van der Waals surface area contributed by atoms with Crippen LogP contribution in [0, 0.1) is 0 Å². The fourth-order valence-electron chi connectivity index (χ4n) is 0.368. The van der Waals surface area contributed by atoms with E-state index < -0.39 is 5.97 Å². The Morgan fingerprint density at radius 3 is 2.00 bits per heavy atom. The fraction of sp³-hybridized carbons (Fsp3) is 0.800. The molecule has 0 saturated carbocycles. The molecule has 0 rings (SSSR count). The molecule has 2 nitrogen and oxygen atoms in total. The topological polar surface area (TPSA) is 37.3 Å². The summed E-state index contributed by atoms with van der Waals surface area (Å²) in [7, 11) is 0. The number of rotatable bonds is 4. The Kier molecular flexibility index (Phi) is 55.4. The first-order valence-electron chi connectivity index (χ1n) is 2.48. The van der Waals surface area contributed by atoms with Crippen LogP contribution in [0.3, 0.4) is 0 Å². The summed E-state index contributed by atoms with van der Waals surface area (Å²) in [4.78, 5) is 9.86. The minimum Gasteiger partial charge on any atom is -1.00 e. The quantitative estimate of drug-likeness (QED) is 0.414. The Morgan fingerprint density at radius 1 is 1.33 bits per heavy atom.